The van der Waals surface area contributed by atoms with Crippen molar-refractivity contribution in [2.24, 2.45) is 0 Å². The number of hydrogen-bond acceptors (Lipinski definition) is 5. The van der Waals surface area contributed by atoms with Crippen LogP contribution < -0.4 is 9.46 Å². The van der Waals surface area contributed by atoms with Crippen molar-refractivity contribution in [3.05, 3.63) is 81.0 Å². The summed E-state index contributed by atoms with van der Waals surface area (Å²) in [5.41, 5.74) is 4.37. The van der Waals surface area contributed by atoms with Gasteiger partial charge in [0.25, 0.3) is 10.0 Å². The number of H-pyrrole nitrogens is 1. The van der Waals surface area contributed by atoms with Crippen molar-refractivity contribution in [2.75, 3.05) is 11.8 Å². The minimum absolute atomic E-state index is 0.00237. The molecule has 4 aromatic rings. The maximum absolute atomic E-state index is 13.3. The van der Waals surface area contributed by atoms with E-state index in [1.54, 1.807) is 18.2 Å². The van der Waals surface area contributed by atoms with E-state index in [9.17, 15) is 13.2 Å². The van der Waals surface area contributed by atoms with Crippen LogP contribution in [0.2, 0.25) is 10.0 Å². The number of rotatable bonds is 7. The number of esters is 1. The Kier molecular flexibility index (Phi) is 7.22. The number of fused-ring (bicyclic) bond motifs is 1. The Morgan fingerprint density at radius 1 is 0.972 bits per heavy atom. The minimum Gasteiger partial charge on any atom is -0.469 e. The molecule has 0 aliphatic heterocycles. The lowest BCUT2D eigenvalue weighted by atomic mass is 10.00. The zero-order chi connectivity index (χ0) is 26.2. The molecule has 7 nitrogen and oxygen atoms in total. The first-order chi connectivity index (χ1) is 17.0. The summed E-state index contributed by atoms with van der Waals surface area (Å²) in [6.45, 7) is 5.65. The van der Waals surface area contributed by atoms with Crippen LogP contribution in [0.3, 0.4) is 0 Å². The van der Waals surface area contributed by atoms with Gasteiger partial charge in [0.1, 0.15) is 16.3 Å². The third-order valence-corrected chi connectivity index (χ3v) is 8.02. The number of aromatic nitrogens is 1. The van der Waals surface area contributed by atoms with Crippen LogP contribution in [0.25, 0.3) is 10.9 Å². The quantitative estimate of drug-likeness (QED) is 0.251. The third-order valence-electron chi connectivity index (χ3n) is 5.95. The predicted octanol–water partition coefficient (Wildman–Crippen LogP) is 6.71. The van der Waals surface area contributed by atoms with Crippen LogP contribution in [0.15, 0.2) is 53.4 Å². The molecular formula is C26H24Cl2N2O5S. The second-order valence-electron chi connectivity index (χ2n) is 8.36. The zero-order valence-corrected chi connectivity index (χ0v) is 22.4. The summed E-state index contributed by atoms with van der Waals surface area (Å²) in [6, 6.07) is 13.1. The molecule has 0 spiro atoms. The first-order valence-corrected chi connectivity index (χ1v) is 13.2. The van der Waals surface area contributed by atoms with Crippen LogP contribution >= 0.6 is 23.2 Å². The number of ether oxygens (including phenoxy) is 2. The maximum Gasteiger partial charge on any atom is 0.309 e. The molecule has 188 valence electrons. The Hall–Kier alpha value is -3.20. The molecule has 0 fully saturated rings. The molecule has 0 radical (unpaired) electrons. The number of aryl methyl sites for hydroxylation is 1. The first-order valence-electron chi connectivity index (χ1n) is 10.9. The molecule has 36 heavy (non-hydrogen) atoms. The molecule has 2 N–H and O–H groups in total. The van der Waals surface area contributed by atoms with Crippen LogP contribution in [0.4, 0.5) is 5.69 Å². The van der Waals surface area contributed by atoms with Crippen molar-refractivity contribution in [1.82, 2.24) is 4.98 Å². The molecular weight excluding hydrogens is 523 g/mol. The Morgan fingerprint density at radius 2 is 1.69 bits per heavy atom. The molecule has 3 aromatic carbocycles. The third kappa shape index (κ3) is 5.16. The van der Waals surface area contributed by atoms with E-state index in [0.717, 1.165) is 27.9 Å². The van der Waals surface area contributed by atoms with Crippen LogP contribution in [0, 0.1) is 20.8 Å². The van der Waals surface area contributed by atoms with Gasteiger partial charge in [-0.1, -0.05) is 29.3 Å². The van der Waals surface area contributed by atoms with E-state index in [1.807, 2.05) is 32.9 Å². The summed E-state index contributed by atoms with van der Waals surface area (Å²) in [6.07, 6.45) is 0.144. The van der Waals surface area contributed by atoms with Gasteiger partial charge < -0.3 is 14.5 Å². The lowest BCUT2D eigenvalue weighted by Gasteiger charge is -2.18. The largest absolute Gasteiger partial charge is 0.469 e. The minimum atomic E-state index is -4.09. The van der Waals surface area contributed by atoms with E-state index in [0.29, 0.717) is 21.9 Å². The molecule has 0 aliphatic carbocycles. The van der Waals surface area contributed by atoms with E-state index >= 15 is 0 Å². The molecule has 1 aromatic heterocycles. The van der Waals surface area contributed by atoms with Crippen molar-refractivity contribution in [3.63, 3.8) is 0 Å². The molecule has 4 rings (SSSR count). The predicted molar refractivity (Wildman–Crippen MR) is 142 cm³/mol. The number of carbonyl (C=O) groups excluding carboxylic acids is 1. The van der Waals surface area contributed by atoms with Crippen LogP contribution in [-0.2, 0) is 26.0 Å². The first kappa shape index (κ1) is 25.9. The van der Waals surface area contributed by atoms with Gasteiger partial charge in [0, 0.05) is 21.6 Å². The molecule has 10 heteroatoms. The van der Waals surface area contributed by atoms with Crippen molar-refractivity contribution in [1.29, 1.82) is 0 Å². The lowest BCUT2D eigenvalue weighted by Crippen LogP contribution is -2.14. The number of hydrogen-bond donors (Lipinski definition) is 2. The number of nitrogens with one attached hydrogen (secondary N) is 2. The normalized spacial score (nSPS) is 11.5. The lowest BCUT2D eigenvalue weighted by molar-refractivity contribution is -0.139. The number of sulfonamides is 1. The molecule has 0 saturated heterocycles. The van der Waals surface area contributed by atoms with Gasteiger partial charge in [-0.3, -0.25) is 9.52 Å². The van der Waals surface area contributed by atoms with Gasteiger partial charge in [-0.15, -0.1) is 0 Å². The number of anilines is 1. The Labute approximate surface area is 219 Å². The van der Waals surface area contributed by atoms with E-state index in [2.05, 4.69) is 9.71 Å². The number of carbonyl (C=O) groups is 1. The van der Waals surface area contributed by atoms with E-state index in [1.165, 1.54) is 25.3 Å². The summed E-state index contributed by atoms with van der Waals surface area (Å²) >= 11 is 12.1. The Bertz CT molecular complexity index is 1600. The number of aromatic amines is 1. The fraction of sp³-hybridized carbons (Fsp3) is 0.192. The highest BCUT2D eigenvalue weighted by atomic mass is 35.5. The van der Waals surface area contributed by atoms with Gasteiger partial charge in [0.05, 0.1) is 18.6 Å². The van der Waals surface area contributed by atoms with Crippen LogP contribution in [0.1, 0.15) is 22.4 Å². The highest BCUT2D eigenvalue weighted by Crippen LogP contribution is 2.40. The van der Waals surface area contributed by atoms with E-state index in [4.69, 9.17) is 32.7 Å². The second kappa shape index (κ2) is 10.0. The fourth-order valence-corrected chi connectivity index (χ4v) is 5.76. The summed E-state index contributed by atoms with van der Waals surface area (Å²) in [5.74, 6) is 0.494. The molecule has 0 atom stereocenters. The average molecular weight is 547 g/mol. The molecule has 0 aliphatic rings. The molecule has 1 heterocycles. The Balaban J connectivity index is 1.78. The monoisotopic (exact) mass is 546 g/mol. The number of benzene rings is 3. The SMILES string of the molecule is COC(=O)Cc1ccc(Oc2ccc3[nH]c(C)cc3c2NS(=O)(=O)c2ccc(Cl)cc2Cl)c(C)c1C. The highest BCUT2D eigenvalue weighted by molar-refractivity contribution is 7.92. The second-order valence-corrected chi connectivity index (χ2v) is 10.9. The topological polar surface area (TPSA) is 97.5 Å². The summed E-state index contributed by atoms with van der Waals surface area (Å²) in [5, 5.41) is 0.964. The van der Waals surface area contributed by atoms with Gasteiger partial charge >= 0.3 is 5.97 Å². The van der Waals surface area contributed by atoms with Crippen molar-refractivity contribution >= 4 is 55.8 Å². The molecule has 0 saturated carbocycles. The van der Waals surface area contributed by atoms with Crippen LogP contribution in [-0.4, -0.2) is 26.5 Å². The Morgan fingerprint density at radius 3 is 2.39 bits per heavy atom. The maximum atomic E-state index is 13.3. The summed E-state index contributed by atoms with van der Waals surface area (Å²) < 4.78 is 40.4. The smallest absolute Gasteiger partial charge is 0.309 e. The molecule has 0 amide bonds. The van der Waals surface area contributed by atoms with Gasteiger partial charge in [-0.05, 0) is 79.9 Å². The molecule has 0 bridgehead atoms. The van der Waals surface area contributed by atoms with Gasteiger partial charge in [-0.2, -0.15) is 0 Å². The highest BCUT2D eigenvalue weighted by Gasteiger charge is 2.23. The summed E-state index contributed by atoms with van der Waals surface area (Å²) in [7, 11) is -2.74. The standard InChI is InChI=1S/C26H24Cl2N2O5S/c1-14-11-19-21(29-14)7-9-23(26(19)30-36(32,33)24-10-6-18(27)13-20(24)28)35-22-8-5-17(12-25(31)34-4)15(2)16(22)3/h5-11,13,29-30H,12H2,1-4H3. The van der Waals surface area contributed by atoms with Crippen molar-refractivity contribution < 1.29 is 22.7 Å². The van der Waals surface area contributed by atoms with Gasteiger partial charge in [0.15, 0.2) is 5.75 Å². The van der Waals surface area contributed by atoms with Crippen molar-refractivity contribution in [2.45, 2.75) is 32.1 Å². The number of methoxy groups -OCH3 is 1. The van der Waals surface area contributed by atoms with Gasteiger partial charge in [0.2, 0.25) is 0 Å². The van der Waals surface area contributed by atoms with Gasteiger partial charge in [-0.25, -0.2) is 8.42 Å². The van der Waals surface area contributed by atoms with Crippen LogP contribution in [0.5, 0.6) is 11.5 Å². The average Bonchev–Trinajstić information content (AvgIpc) is 3.20. The van der Waals surface area contributed by atoms with Crippen molar-refractivity contribution in [3.8, 4) is 11.5 Å². The fourth-order valence-electron chi connectivity index (χ4n) is 3.90. The van der Waals surface area contributed by atoms with E-state index < -0.39 is 10.0 Å². The number of halogens is 2. The van der Waals surface area contributed by atoms with E-state index in [-0.39, 0.29) is 28.0 Å². The molecule has 0 unspecified atom stereocenters. The zero-order valence-electron chi connectivity index (χ0n) is 20.0. The summed E-state index contributed by atoms with van der Waals surface area (Å²) in [4.78, 5) is 14.8.